The number of hydrogen-bond donors (Lipinski definition) is 0. The van der Waals surface area contributed by atoms with Crippen LogP contribution in [0.25, 0.3) is 0 Å². The third-order valence-corrected chi connectivity index (χ3v) is 1.55. The zero-order valence-electron chi connectivity index (χ0n) is 8.03. The minimum absolute atomic E-state index is 0.168. The molecule has 1 atom stereocenters. The molecule has 0 aliphatic heterocycles. The van der Waals surface area contributed by atoms with Crippen molar-refractivity contribution in [3.8, 4) is 0 Å². The van der Waals surface area contributed by atoms with E-state index in [9.17, 15) is 9.59 Å². The highest BCUT2D eigenvalue weighted by Gasteiger charge is 2.14. The molecule has 0 heterocycles. The van der Waals surface area contributed by atoms with Crippen LogP contribution in [-0.2, 0) is 24.4 Å². The number of rotatable bonds is 5. The van der Waals surface area contributed by atoms with Crippen LogP contribution in [0.4, 0.5) is 0 Å². The summed E-state index contributed by atoms with van der Waals surface area (Å²) in [6.45, 7) is 5.12. The molecule has 0 aliphatic rings. The van der Waals surface area contributed by atoms with E-state index in [1.807, 2.05) is 6.92 Å². The van der Waals surface area contributed by atoms with Crippen molar-refractivity contribution in [1.82, 2.24) is 0 Å². The lowest BCUT2D eigenvalue weighted by Crippen LogP contribution is -2.15. The van der Waals surface area contributed by atoms with Crippen molar-refractivity contribution in [3.05, 3.63) is 0 Å². The van der Waals surface area contributed by atoms with Crippen LogP contribution >= 0.6 is 0 Å². The van der Waals surface area contributed by atoms with E-state index >= 15 is 0 Å². The van der Waals surface area contributed by atoms with Gasteiger partial charge in [-0.15, -0.1) is 0 Å². The van der Waals surface area contributed by atoms with Gasteiger partial charge in [0.1, 0.15) is 0 Å². The fourth-order valence-electron chi connectivity index (χ4n) is 0.396. The van der Waals surface area contributed by atoms with Crippen LogP contribution in [0.1, 0.15) is 33.6 Å². The van der Waals surface area contributed by atoms with Gasteiger partial charge < -0.3 is 0 Å². The second kappa shape index (κ2) is 6.42. The van der Waals surface area contributed by atoms with Crippen LogP contribution in [-0.4, -0.2) is 11.9 Å². The fourth-order valence-corrected chi connectivity index (χ4v) is 0.396. The molecule has 0 N–H and O–H groups in total. The maximum atomic E-state index is 10.9. The molecule has 0 radical (unpaired) electrons. The highest BCUT2D eigenvalue weighted by atomic mass is 17.5. The molecule has 76 valence electrons. The number of carbonyl (C=O) groups excluding carboxylic acids is 2. The summed E-state index contributed by atoms with van der Waals surface area (Å²) < 4.78 is 0. The molecule has 0 fully saturated rings. The van der Waals surface area contributed by atoms with E-state index in [0.717, 1.165) is 0 Å². The molecule has 0 saturated heterocycles. The smallest absolute Gasteiger partial charge is 0.260 e. The lowest BCUT2D eigenvalue weighted by molar-refractivity contribution is -0.460. The largest absolute Gasteiger partial charge is 0.349 e. The second-order valence-corrected chi connectivity index (χ2v) is 2.59. The molecule has 0 spiro atoms. The molecule has 0 bridgehead atoms. The molecule has 13 heavy (non-hydrogen) atoms. The molecule has 5 heteroatoms. The van der Waals surface area contributed by atoms with Crippen LogP contribution in [0.3, 0.4) is 0 Å². The monoisotopic (exact) mass is 190 g/mol. The van der Waals surface area contributed by atoms with E-state index in [1.54, 1.807) is 13.8 Å². The molecule has 0 rings (SSSR count). The first-order chi connectivity index (χ1) is 6.11. The quantitative estimate of drug-likeness (QED) is 0.484. The first-order valence-corrected chi connectivity index (χ1v) is 4.19. The van der Waals surface area contributed by atoms with Crippen molar-refractivity contribution in [2.24, 2.45) is 5.92 Å². The van der Waals surface area contributed by atoms with E-state index < -0.39 is 11.9 Å². The van der Waals surface area contributed by atoms with Gasteiger partial charge in [-0.25, -0.2) is 9.59 Å². The molecule has 0 amide bonds. The van der Waals surface area contributed by atoms with E-state index in [-0.39, 0.29) is 12.3 Å². The third kappa shape index (κ3) is 5.19. The minimum atomic E-state index is -0.586. The fraction of sp³-hybridized carbons (Fsp3) is 0.750. The summed E-state index contributed by atoms with van der Waals surface area (Å²) in [4.78, 5) is 29.7. The Morgan fingerprint density at radius 2 is 1.85 bits per heavy atom. The second-order valence-electron chi connectivity index (χ2n) is 2.59. The summed E-state index contributed by atoms with van der Waals surface area (Å²) in [5.74, 6) is -1.40. The van der Waals surface area contributed by atoms with Gasteiger partial charge in [0.2, 0.25) is 0 Å². The Kier molecular flexibility index (Phi) is 5.88. The molecule has 0 saturated carbocycles. The predicted molar refractivity (Wildman–Crippen MR) is 43.0 cm³/mol. The van der Waals surface area contributed by atoms with Gasteiger partial charge in [-0.3, -0.25) is 9.78 Å². The van der Waals surface area contributed by atoms with Crippen LogP contribution in [0.15, 0.2) is 0 Å². The zero-order valence-corrected chi connectivity index (χ0v) is 8.03. The first kappa shape index (κ1) is 11.9. The Hall–Kier alpha value is -1.10. The minimum Gasteiger partial charge on any atom is -0.260 e. The molecule has 0 aromatic carbocycles. The van der Waals surface area contributed by atoms with Crippen molar-refractivity contribution in [2.45, 2.75) is 33.6 Å². The number of hydrogen-bond acceptors (Lipinski definition) is 5. The van der Waals surface area contributed by atoms with Gasteiger partial charge in [0.15, 0.2) is 0 Å². The van der Waals surface area contributed by atoms with Gasteiger partial charge in [-0.1, -0.05) is 20.8 Å². The zero-order chi connectivity index (χ0) is 10.3. The van der Waals surface area contributed by atoms with Crippen molar-refractivity contribution in [1.29, 1.82) is 0 Å². The van der Waals surface area contributed by atoms with Crippen LogP contribution in [0.2, 0.25) is 0 Å². The Balaban J connectivity index is 3.53. The summed E-state index contributed by atoms with van der Waals surface area (Å²) in [5, 5.41) is 3.97. The molecular weight excluding hydrogens is 176 g/mol. The van der Waals surface area contributed by atoms with Crippen molar-refractivity contribution < 1.29 is 24.4 Å². The molecule has 5 nitrogen and oxygen atoms in total. The standard InChI is InChI=1S/C8H14O5/c1-4-6(3)8(10)12-13-11-7(9)5-2/h6H,4-5H2,1-3H3. The van der Waals surface area contributed by atoms with Crippen molar-refractivity contribution in [3.63, 3.8) is 0 Å². The van der Waals surface area contributed by atoms with E-state index in [0.29, 0.717) is 6.42 Å². The highest BCUT2D eigenvalue weighted by molar-refractivity contribution is 5.71. The Bertz CT molecular complexity index is 177. The molecule has 0 aromatic heterocycles. The third-order valence-electron chi connectivity index (χ3n) is 1.55. The Morgan fingerprint density at radius 3 is 2.31 bits per heavy atom. The van der Waals surface area contributed by atoms with Crippen LogP contribution < -0.4 is 0 Å². The maximum absolute atomic E-state index is 10.9. The molecule has 0 aromatic rings. The SMILES string of the molecule is CCC(=O)OOOC(=O)C(C)CC. The first-order valence-electron chi connectivity index (χ1n) is 4.19. The maximum Gasteiger partial charge on any atom is 0.349 e. The Morgan fingerprint density at radius 1 is 1.23 bits per heavy atom. The van der Waals surface area contributed by atoms with E-state index in [1.165, 1.54) is 0 Å². The highest BCUT2D eigenvalue weighted by Crippen LogP contribution is 2.03. The average Bonchev–Trinajstić information content (AvgIpc) is 2.15. The van der Waals surface area contributed by atoms with Crippen LogP contribution in [0, 0.1) is 5.92 Å². The van der Waals surface area contributed by atoms with E-state index in [2.05, 4.69) is 14.8 Å². The summed E-state index contributed by atoms with van der Waals surface area (Å²) in [7, 11) is 0. The van der Waals surface area contributed by atoms with Gasteiger partial charge in [-0.2, -0.15) is 0 Å². The van der Waals surface area contributed by atoms with Crippen LogP contribution in [0.5, 0.6) is 0 Å². The lowest BCUT2D eigenvalue weighted by Gasteiger charge is -2.05. The topological polar surface area (TPSA) is 61.8 Å². The Labute approximate surface area is 76.8 Å². The molecule has 0 aliphatic carbocycles. The predicted octanol–water partition coefficient (Wildman–Crippen LogP) is 1.38. The van der Waals surface area contributed by atoms with Gasteiger partial charge in [0.25, 0.3) is 0 Å². The summed E-state index contributed by atoms with van der Waals surface area (Å²) in [6.07, 6.45) is 0.810. The summed E-state index contributed by atoms with van der Waals surface area (Å²) in [5.41, 5.74) is 0. The van der Waals surface area contributed by atoms with Gasteiger partial charge in [0.05, 0.1) is 5.92 Å². The van der Waals surface area contributed by atoms with Gasteiger partial charge >= 0.3 is 11.9 Å². The van der Waals surface area contributed by atoms with Crippen molar-refractivity contribution >= 4 is 11.9 Å². The van der Waals surface area contributed by atoms with Gasteiger partial charge in [0, 0.05) is 11.5 Å². The van der Waals surface area contributed by atoms with Gasteiger partial charge in [-0.05, 0) is 6.42 Å². The lowest BCUT2D eigenvalue weighted by atomic mass is 10.1. The molecular formula is C8H14O5. The van der Waals surface area contributed by atoms with E-state index in [4.69, 9.17) is 0 Å². The summed E-state index contributed by atoms with van der Waals surface area (Å²) >= 11 is 0. The summed E-state index contributed by atoms with van der Waals surface area (Å²) in [6, 6.07) is 0. The van der Waals surface area contributed by atoms with Crippen molar-refractivity contribution in [2.75, 3.05) is 0 Å². The molecule has 1 unspecified atom stereocenters. The number of carbonyl (C=O) groups is 2. The normalized spacial score (nSPS) is 11.9. The average molecular weight is 190 g/mol.